The molecular formula is C15H12Cl2O4S. The standard InChI is InChI=1S/C15H12Cl2O4S/c1-22(19,20)9-10-3-2-4-11(7-10)15(18)21-12-5-6-13(16)14(17)8-12/h2-8H,9H2,1H3. The van der Waals surface area contributed by atoms with Crippen molar-refractivity contribution in [3.8, 4) is 5.75 Å². The third-order valence-corrected chi connectivity index (χ3v) is 4.29. The second-order valence-electron chi connectivity index (χ2n) is 4.74. The summed E-state index contributed by atoms with van der Waals surface area (Å²) in [4.78, 5) is 12.1. The lowest BCUT2D eigenvalue weighted by molar-refractivity contribution is 0.0734. The Balaban J connectivity index is 2.19. The third kappa shape index (κ3) is 4.73. The number of ether oxygens (including phenoxy) is 1. The number of rotatable bonds is 4. The van der Waals surface area contributed by atoms with Gasteiger partial charge in [-0.05, 0) is 29.8 Å². The summed E-state index contributed by atoms with van der Waals surface area (Å²) in [6.45, 7) is 0. The van der Waals surface area contributed by atoms with Gasteiger partial charge in [0, 0.05) is 12.3 Å². The predicted octanol–water partition coefficient (Wildman–Crippen LogP) is 3.76. The SMILES string of the molecule is CS(=O)(=O)Cc1cccc(C(=O)Oc2ccc(Cl)c(Cl)c2)c1. The van der Waals surface area contributed by atoms with Crippen LogP contribution in [0.2, 0.25) is 10.0 Å². The summed E-state index contributed by atoms with van der Waals surface area (Å²) in [5, 5.41) is 0.634. The van der Waals surface area contributed by atoms with Crippen molar-refractivity contribution in [3.63, 3.8) is 0 Å². The van der Waals surface area contributed by atoms with Crippen molar-refractivity contribution < 1.29 is 17.9 Å². The molecule has 0 saturated heterocycles. The first-order chi connectivity index (χ1) is 10.2. The fraction of sp³-hybridized carbons (Fsp3) is 0.133. The van der Waals surface area contributed by atoms with Gasteiger partial charge >= 0.3 is 5.97 Å². The molecule has 7 heteroatoms. The molecule has 0 N–H and O–H groups in total. The van der Waals surface area contributed by atoms with Gasteiger partial charge in [-0.15, -0.1) is 0 Å². The fourth-order valence-electron chi connectivity index (χ4n) is 1.80. The molecule has 2 rings (SSSR count). The van der Waals surface area contributed by atoms with Crippen molar-refractivity contribution >= 4 is 39.0 Å². The van der Waals surface area contributed by atoms with E-state index in [0.717, 1.165) is 6.26 Å². The molecule has 0 bridgehead atoms. The van der Waals surface area contributed by atoms with Crippen LogP contribution in [0.15, 0.2) is 42.5 Å². The van der Waals surface area contributed by atoms with Gasteiger partial charge in [-0.2, -0.15) is 0 Å². The number of sulfone groups is 1. The fourth-order valence-corrected chi connectivity index (χ4v) is 2.87. The molecule has 0 fully saturated rings. The van der Waals surface area contributed by atoms with Crippen LogP contribution in [0.1, 0.15) is 15.9 Å². The first kappa shape index (κ1) is 16.8. The van der Waals surface area contributed by atoms with E-state index in [2.05, 4.69) is 0 Å². The Morgan fingerprint density at radius 1 is 1.09 bits per heavy atom. The maximum atomic E-state index is 12.1. The van der Waals surface area contributed by atoms with Crippen molar-refractivity contribution in [1.29, 1.82) is 0 Å². The maximum absolute atomic E-state index is 12.1. The van der Waals surface area contributed by atoms with Crippen LogP contribution in [-0.4, -0.2) is 20.6 Å². The predicted molar refractivity (Wildman–Crippen MR) is 86.4 cm³/mol. The molecule has 0 aliphatic carbocycles. The lowest BCUT2D eigenvalue weighted by atomic mass is 10.1. The highest BCUT2D eigenvalue weighted by molar-refractivity contribution is 7.89. The first-order valence-corrected chi connectivity index (χ1v) is 9.00. The van der Waals surface area contributed by atoms with Gasteiger partial charge in [-0.1, -0.05) is 35.3 Å². The van der Waals surface area contributed by atoms with Crippen LogP contribution in [0.5, 0.6) is 5.75 Å². The van der Waals surface area contributed by atoms with Crippen LogP contribution in [0.3, 0.4) is 0 Å². The highest BCUT2D eigenvalue weighted by Gasteiger charge is 2.12. The summed E-state index contributed by atoms with van der Waals surface area (Å²) in [6, 6.07) is 10.7. The molecule has 0 unspecified atom stereocenters. The number of hydrogen-bond acceptors (Lipinski definition) is 4. The van der Waals surface area contributed by atoms with Crippen molar-refractivity contribution in [2.24, 2.45) is 0 Å². The van der Waals surface area contributed by atoms with Crippen LogP contribution in [0, 0.1) is 0 Å². The zero-order valence-corrected chi connectivity index (χ0v) is 13.9. The summed E-state index contributed by atoms with van der Waals surface area (Å²) in [5.41, 5.74) is 0.776. The lowest BCUT2D eigenvalue weighted by Crippen LogP contribution is -2.09. The van der Waals surface area contributed by atoms with E-state index in [4.69, 9.17) is 27.9 Å². The number of hydrogen-bond donors (Lipinski definition) is 0. The van der Waals surface area contributed by atoms with Crippen LogP contribution in [0.4, 0.5) is 0 Å². The van der Waals surface area contributed by atoms with Crippen LogP contribution in [0.25, 0.3) is 0 Å². The lowest BCUT2D eigenvalue weighted by Gasteiger charge is -2.07. The van der Waals surface area contributed by atoms with Gasteiger partial charge in [0.1, 0.15) is 5.75 Å². The van der Waals surface area contributed by atoms with Gasteiger partial charge < -0.3 is 4.74 Å². The molecule has 0 aliphatic rings. The zero-order chi connectivity index (χ0) is 16.3. The summed E-state index contributed by atoms with van der Waals surface area (Å²) in [6.07, 6.45) is 1.13. The number of halogens is 2. The summed E-state index contributed by atoms with van der Waals surface area (Å²) < 4.78 is 27.8. The second kappa shape index (κ2) is 6.69. The van der Waals surface area contributed by atoms with E-state index in [9.17, 15) is 13.2 Å². The first-order valence-electron chi connectivity index (χ1n) is 6.18. The third-order valence-electron chi connectivity index (χ3n) is 2.69. The molecule has 22 heavy (non-hydrogen) atoms. The smallest absolute Gasteiger partial charge is 0.343 e. The van der Waals surface area contributed by atoms with E-state index in [1.807, 2.05) is 0 Å². The van der Waals surface area contributed by atoms with Gasteiger partial charge in [0.25, 0.3) is 0 Å². The van der Waals surface area contributed by atoms with E-state index >= 15 is 0 Å². The maximum Gasteiger partial charge on any atom is 0.343 e. The largest absolute Gasteiger partial charge is 0.423 e. The zero-order valence-electron chi connectivity index (χ0n) is 11.5. The van der Waals surface area contributed by atoms with E-state index in [1.54, 1.807) is 18.2 Å². The van der Waals surface area contributed by atoms with Gasteiger partial charge in [-0.25, -0.2) is 13.2 Å². The average Bonchev–Trinajstić information content (AvgIpc) is 2.41. The molecule has 0 heterocycles. The van der Waals surface area contributed by atoms with Crippen molar-refractivity contribution in [3.05, 3.63) is 63.6 Å². The van der Waals surface area contributed by atoms with Crippen LogP contribution < -0.4 is 4.74 Å². The molecule has 0 saturated carbocycles. The Bertz CT molecular complexity index is 816. The monoisotopic (exact) mass is 358 g/mol. The van der Waals surface area contributed by atoms with Crippen LogP contribution >= 0.6 is 23.2 Å². The number of benzene rings is 2. The normalized spacial score (nSPS) is 11.2. The molecule has 0 amide bonds. The molecule has 0 spiro atoms. The Kier molecular flexibility index (Phi) is 5.11. The molecule has 4 nitrogen and oxygen atoms in total. The molecule has 0 atom stereocenters. The van der Waals surface area contributed by atoms with Gasteiger partial charge in [0.2, 0.25) is 0 Å². The molecule has 0 aliphatic heterocycles. The van der Waals surface area contributed by atoms with Crippen molar-refractivity contribution in [1.82, 2.24) is 0 Å². The second-order valence-corrected chi connectivity index (χ2v) is 7.69. The molecular weight excluding hydrogens is 347 g/mol. The highest BCUT2D eigenvalue weighted by atomic mass is 35.5. The Morgan fingerprint density at radius 2 is 1.82 bits per heavy atom. The minimum Gasteiger partial charge on any atom is -0.423 e. The van der Waals surface area contributed by atoms with E-state index < -0.39 is 15.8 Å². The minimum atomic E-state index is -3.17. The van der Waals surface area contributed by atoms with Crippen molar-refractivity contribution in [2.75, 3.05) is 6.26 Å². The van der Waals surface area contributed by atoms with Crippen molar-refractivity contribution in [2.45, 2.75) is 5.75 Å². The van der Waals surface area contributed by atoms with Gasteiger partial charge in [-0.3, -0.25) is 0 Å². The van der Waals surface area contributed by atoms with E-state index in [-0.39, 0.29) is 22.1 Å². The highest BCUT2D eigenvalue weighted by Crippen LogP contribution is 2.26. The van der Waals surface area contributed by atoms with Gasteiger partial charge in [0.15, 0.2) is 9.84 Å². The number of esters is 1. The molecule has 0 aromatic heterocycles. The average molecular weight is 359 g/mol. The Morgan fingerprint density at radius 3 is 2.45 bits per heavy atom. The molecule has 2 aromatic rings. The molecule has 0 radical (unpaired) electrons. The quantitative estimate of drug-likeness (QED) is 0.616. The Labute approximate surface area is 138 Å². The molecule has 2 aromatic carbocycles. The number of carbonyl (C=O) groups is 1. The minimum absolute atomic E-state index is 0.138. The summed E-state index contributed by atoms with van der Waals surface area (Å²) in [7, 11) is -3.17. The van der Waals surface area contributed by atoms with Crippen LogP contribution in [-0.2, 0) is 15.6 Å². The summed E-state index contributed by atoms with van der Waals surface area (Å²) in [5.74, 6) is -0.484. The topological polar surface area (TPSA) is 60.4 Å². The number of carbonyl (C=O) groups excluding carboxylic acids is 1. The van der Waals surface area contributed by atoms with E-state index in [1.165, 1.54) is 24.3 Å². The van der Waals surface area contributed by atoms with E-state index in [0.29, 0.717) is 10.6 Å². The summed E-state index contributed by atoms with van der Waals surface area (Å²) >= 11 is 11.6. The van der Waals surface area contributed by atoms with Gasteiger partial charge in [0.05, 0.1) is 21.4 Å². The Hall–Kier alpha value is -1.56. The molecule has 116 valence electrons.